The van der Waals surface area contributed by atoms with Crippen LogP contribution in [0.15, 0.2) is 34.5 Å². The monoisotopic (exact) mass is 343 g/mol. The molecule has 0 spiro atoms. The summed E-state index contributed by atoms with van der Waals surface area (Å²) in [5, 5.41) is 10.2. The van der Waals surface area contributed by atoms with Crippen molar-refractivity contribution in [1.82, 2.24) is 5.32 Å². The molecule has 0 radical (unpaired) electrons. The zero-order valence-electron chi connectivity index (χ0n) is 14.1. The molecule has 1 aromatic carbocycles. The number of esters is 1. The number of ether oxygens (including phenoxy) is 2. The Hall–Kier alpha value is -2.70. The van der Waals surface area contributed by atoms with Crippen LogP contribution < -0.4 is 10.1 Å². The van der Waals surface area contributed by atoms with Crippen LogP contribution in [0.2, 0.25) is 0 Å². The summed E-state index contributed by atoms with van der Waals surface area (Å²) < 4.78 is 10.8. The zero-order chi connectivity index (χ0) is 17.6. The van der Waals surface area contributed by atoms with Gasteiger partial charge < -0.3 is 14.8 Å². The van der Waals surface area contributed by atoms with Crippen LogP contribution in [0.25, 0.3) is 0 Å². The summed E-state index contributed by atoms with van der Waals surface area (Å²) in [4.78, 5) is 23.6. The van der Waals surface area contributed by atoms with E-state index in [0.29, 0.717) is 17.8 Å². The second-order valence-electron chi connectivity index (χ2n) is 6.14. The van der Waals surface area contributed by atoms with Crippen LogP contribution >= 0.6 is 0 Å². The van der Waals surface area contributed by atoms with E-state index in [4.69, 9.17) is 9.47 Å². The molecule has 1 aliphatic heterocycles. The molecule has 1 saturated carbocycles. The Labute approximate surface area is 146 Å². The van der Waals surface area contributed by atoms with E-state index >= 15 is 0 Å². The van der Waals surface area contributed by atoms with Crippen molar-refractivity contribution in [3.63, 3.8) is 0 Å². The highest BCUT2D eigenvalue weighted by Gasteiger charge is 2.27. The van der Waals surface area contributed by atoms with Crippen LogP contribution in [-0.2, 0) is 9.53 Å². The molecule has 25 heavy (non-hydrogen) atoms. The van der Waals surface area contributed by atoms with Gasteiger partial charge in [0, 0.05) is 18.2 Å². The molecule has 1 N–H and O–H groups in total. The van der Waals surface area contributed by atoms with Crippen molar-refractivity contribution in [2.24, 2.45) is 16.1 Å². The van der Waals surface area contributed by atoms with Gasteiger partial charge in [0.15, 0.2) is 0 Å². The maximum atomic E-state index is 12.1. The molecule has 7 nitrogen and oxygen atoms in total. The number of nitrogens with one attached hydrogen (secondary N) is 1. The van der Waals surface area contributed by atoms with Crippen LogP contribution in [-0.4, -0.2) is 37.1 Å². The Morgan fingerprint density at radius 3 is 2.44 bits per heavy atom. The summed E-state index contributed by atoms with van der Waals surface area (Å²) in [6, 6.07) is 7.02. The van der Waals surface area contributed by atoms with Crippen LogP contribution in [0.5, 0.6) is 5.75 Å². The Kier molecular flexibility index (Phi) is 5.42. The highest BCUT2D eigenvalue weighted by molar-refractivity contribution is 6.10. The highest BCUT2D eigenvalue weighted by atomic mass is 16.5. The van der Waals surface area contributed by atoms with Gasteiger partial charge in [-0.1, -0.05) is 0 Å². The van der Waals surface area contributed by atoms with E-state index in [2.05, 4.69) is 15.5 Å². The van der Waals surface area contributed by atoms with Crippen LogP contribution in [0.1, 0.15) is 42.5 Å². The second-order valence-corrected chi connectivity index (χ2v) is 6.14. The number of carbonyl (C=O) groups is 2. The summed E-state index contributed by atoms with van der Waals surface area (Å²) in [7, 11) is 1.43. The molecule has 3 rings (SSSR count). The van der Waals surface area contributed by atoms with Gasteiger partial charge in [-0.2, -0.15) is 5.10 Å². The molecule has 1 amide bonds. The van der Waals surface area contributed by atoms with Gasteiger partial charge in [-0.15, -0.1) is 5.10 Å². The normalized spacial score (nSPS) is 22.2. The first-order valence-electron chi connectivity index (χ1n) is 8.40. The number of methoxy groups -OCH3 is 1. The molecule has 0 aromatic heterocycles. The average Bonchev–Trinajstić information content (AvgIpc) is 3.15. The molecule has 0 bridgehead atoms. The van der Waals surface area contributed by atoms with E-state index < -0.39 is 0 Å². The molecule has 0 unspecified atom stereocenters. The lowest BCUT2D eigenvalue weighted by Gasteiger charge is -2.27. The minimum atomic E-state index is -0.214. The van der Waals surface area contributed by atoms with Crippen molar-refractivity contribution < 1.29 is 19.1 Å². The number of amidine groups is 1. The third-order valence-electron chi connectivity index (χ3n) is 4.43. The van der Waals surface area contributed by atoms with Crippen LogP contribution in [0, 0.1) is 5.92 Å². The summed E-state index contributed by atoms with van der Waals surface area (Å²) in [5.74, 6) is 0.908. The standard InChI is InChI=1S/C18H21N3O4/c1-24-18(23)13-4-8-15(9-5-13)25-14-6-2-12(3-7-14)17(22)20-16-10-11-19-21-16/h2-3,6-7,11,13,15H,4-5,8-10H2,1H3,(H,20,21,22). The van der Waals surface area contributed by atoms with E-state index in [0.717, 1.165) is 31.4 Å². The Balaban J connectivity index is 1.49. The highest BCUT2D eigenvalue weighted by Crippen LogP contribution is 2.28. The second kappa shape index (κ2) is 7.92. The van der Waals surface area contributed by atoms with E-state index in [1.807, 2.05) is 0 Å². The predicted molar refractivity (Wildman–Crippen MR) is 92.8 cm³/mol. The van der Waals surface area contributed by atoms with Crippen molar-refractivity contribution in [2.75, 3.05) is 7.11 Å². The maximum Gasteiger partial charge on any atom is 0.308 e. The van der Waals surface area contributed by atoms with E-state index in [-0.39, 0.29) is 23.9 Å². The Morgan fingerprint density at radius 1 is 1.12 bits per heavy atom. The lowest BCUT2D eigenvalue weighted by molar-refractivity contribution is -0.147. The summed E-state index contributed by atoms with van der Waals surface area (Å²) in [6.07, 6.45) is 5.47. The van der Waals surface area contributed by atoms with E-state index in [1.54, 1.807) is 30.5 Å². The summed E-state index contributed by atoms with van der Waals surface area (Å²) in [5.41, 5.74) is 0.538. The van der Waals surface area contributed by atoms with Crippen LogP contribution in [0.4, 0.5) is 0 Å². The number of nitrogens with zero attached hydrogens (tertiary/aromatic N) is 2. The lowest BCUT2D eigenvalue weighted by Crippen LogP contribution is -2.29. The number of hydrogen-bond donors (Lipinski definition) is 1. The van der Waals surface area contributed by atoms with Gasteiger partial charge in [0.05, 0.1) is 19.1 Å². The van der Waals surface area contributed by atoms with Gasteiger partial charge in [0.25, 0.3) is 5.91 Å². The zero-order valence-corrected chi connectivity index (χ0v) is 14.1. The molecule has 1 aromatic rings. The molecular weight excluding hydrogens is 322 g/mol. The molecule has 0 saturated heterocycles. The number of rotatable bonds is 4. The maximum absolute atomic E-state index is 12.1. The molecule has 1 aliphatic carbocycles. The van der Waals surface area contributed by atoms with Gasteiger partial charge in [-0.05, 0) is 49.9 Å². The van der Waals surface area contributed by atoms with Crippen molar-refractivity contribution in [2.45, 2.75) is 38.2 Å². The van der Waals surface area contributed by atoms with Gasteiger partial charge >= 0.3 is 5.97 Å². The van der Waals surface area contributed by atoms with Gasteiger partial charge in [0.2, 0.25) is 0 Å². The molecule has 132 valence electrons. The first-order valence-corrected chi connectivity index (χ1v) is 8.40. The van der Waals surface area contributed by atoms with Crippen molar-refractivity contribution in [1.29, 1.82) is 0 Å². The molecular formula is C18H21N3O4. The summed E-state index contributed by atoms with van der Waals surface area (Å²) in [6.45, 7) is 0. The topological polar surface area (TPSA) is 89.3 Å². The van der Waals surface area contributed by atoms with E-state index in [1.165, 1.54) is 7.11 Å². The number of benzene rings is 1. The third kappa shape index (κ3) is 4.43. The fraction of sp³-hybridized carbons (Fsp3) is 0.444. The van der Waals surface area contributed by atoms with Gasteiger partial charge in [-0.3, -0.25) is 9.59 Å². The number of amides is 1. The minimum Gasteiger partial charge on any atom is -0.490 e. The van der Waals surface area contributed by atoms with Gasteiger partial charge in [0.1, 0.15) is 11.6 Å². The Bertz CT molecular complexity index is 689. The molecule has 0 atom stereocenters. The van der Waals surface area contributed by atoms with Crippen LogP contribution in [0.3, 0.4) is 0 Å². The Morgan fingerprint density at radius 2 is 1.84 bits per heavy atom. The van der Waals surface area contributed by atoms with Crippen molar-refractivity contribution in [3.8, 4) is 5.75 Å². The molecule has 1 heterocycles. The smallest absolute Gasteiger partial charge is 0.308 e. The predicted octanol–water partition coefficient (Wildman–Crippen LogP) is 2.32. The van der Waals surface area contributed by atoms with Crippen molar-refractivity contribution >= 4 is 23.9 Å². The molecule has 2 aliphatic rings. The van der Waals surface area contributed by atoms with E-state index in [9.17, 15) is 9.59 Å². The largest absolute Gasteiger partial charge is 0.490 e. The lowest BCUT2D eigenvalue weighted by atomic mass is 9.87. The SMILES string of the molecule is COC(=O)C1CCC(Oc2ccc(C(=O)NC3=NN=CC3)cc2)CC1. The van der Waals surface area contributed by atoms with Gasteiger partial charge in [-0.25, -0.2) is 0 Å². The summed E-state index contributed by atoms with van der Waals surface area (Å²) >= 11 is 0. The fourth-order valence-electron chi connectivity index (χ4n) is 3.02. The fourth-order valence-corrected chi connectivity index (χ4v) is 3.02. The number of hydrogen-bond acceptors (Lipinski definition) is 6. The minimum absolute atomic E-state index is 0.0154. The quantitative estimate of drug-likeness (QED) is 0.850. The molecule has 7 heteroatoms. The average molecular weight is 343 g/mol. The molecule has 1 fully saturated rings. The first kappa shape index (κ1) is 17.1. The number of carbonyl (C=O) groups excluding carboxylic acids is 2. The van der Waals surface area contributed by atoms with Crippen molar-refractivity contribution in [3.05, 3.63) is 29.8 Å². The first-order chi connectivity index (χ1) is 12.2. The third-order valence-corrected chi connectivity index (χ3v) is 4.43.